The number of likely N-dealkylation sites (tertiary alicyclic amines) is 1. The fraction of sp³-hybridized carbons (Fsp3) is 0.611. The first-order valence-corrected chi connectivity index (χ1v) is 8.21. The number of rotatable bonds is 7. The Morgan fingerprint density at radius 2 is 2.04 bits per heavy atom. The average molecular weight is 320 g/mol. The van der Waals surface area contributed by atoms with E-state index in [4.69, 9.17) is 4.74 Å². The van der Waals surface area contributed by atoms with E-state index in [0.717, 1.165) is 37.1 Å². The Balaban J connectivity index is 1.76. The Kier molecular flexibility index (Phi) is 6.57. The topological polar surface area (TPSA) is 61.8 Å². The predicted molar refractivity (Wildman–Crippen MR) is 89.9 cm³/mol. The molecule has 1 aliphatic rings. The smallest absolute Gasteiger partial charge is 0.234 e. The number of amides is 1. The molecule has 1 aliphatic heterocycles. The van der Waals surface area contributed by atoms with Gasteiger partial charge >= 0.3 is 0 Å². The van der Waals surface area contributed by atoms with E-state index < -0.39 is 0 Å². The third-order valence-electron chi connectivity index (χ3n) is 4.43. The zero-order valence-corrected chi connectivity index (χ0v) is 14.2. The summed E-state index contributed by atoms with van der Waals surface area (Å²) < 4.78 is 5.08. The van der Waals surface area contributed by atoms with Crippen molar-refractivity contribution >= 4 is 5.91 Å². The zero-order chi connectivity index (χ0) is 16.7. The highest BCUT2D eigenvalue weighted by atomic mass is 16.5. The van der Waals surface area contributed by atoms with Gasteiger partial charge in [-0.2, -0.15) is 0 Å². The lowest BCUT2D eigenvalue weighted by Crippen LogP contribution is -2.47. The van der Waals surface area contributed by atoms with Crippen LogP contribution in [0.5, 0.6) is 0 Å². The van der Waals surface area contributed by atoms with Gasteiger partial charge in [-0.25, -0.2) is 0 Å². The Bertz CT molecular complexity index is 503. The lowest BCUT2D eigenvalue weighted by molar-refractivity contribution is -0.123. The summed E-state index contributed by atoms with van der Waals surface area (Å²) in [5, 5.41) is 12.4. The van der Waals surface area contributed by atoms with Crippen molar-refractivity contribution in [1.29, 1.82) is 0 Å². The lowest BCUT2D eigenvalue weighted by Gasteiger charge is -2.38. The number of carbonyl (C=O) groups excluding carboxylic acids is 1. The summed E-state index contributed by atoms with van der Waals surface area (Å²) in [5.41, 5.74) is 2.13. The van der Waals surface area contributed by atoms with Crippen LogP contribution in [0.3, 0.4) is 0 Å². The first-order chi connectivity index (χ1) is 11.0. The second kappa shape index (κ2) is 8.43. The molecule has 0 radical (unpaired) electrons. The largest absolute Gasteiger partial charge is 0.396 e. The molecule has 23 heavy (non-hydrogen) atoms. The molecule has 5 heteroatoms. The summed E-state index contributed by atoms with van der Waals surface area (Å²) >= 11 is 0. The van der Waals surface area contributed by atoms with Crippen LogP contribution in [0.25, 0.3) is 0 Å². The van der Waals surface area contributed by atoms with Crippen molar-refractivity contribution in [3.63, 3.8) is 0 Å². The fourth-order valence-electron chi connectivity index (χ4n) is 3.07. The van der Waals surface area contributed by atoms with Crippen LogP contribution in [0.1, 0.15) is 30.9 Å². The van der Waals surface area contributed by atoms with Crippen molar-refractivity contribution in [3.05, 3.63) is 35.4 Å². The van der Waals surface area contributed by atoms with Crippen LogP contribution in [0.2, 0.25) is 0 Å². The molecule has 1 amide bonds. The van der Waals surface area contributed by atoms with E-state index in [0.29, 0.717) is 19.7 Å². The highest BCUT2D eigenvalue weighted by molar-refractivity contribution is 5.78. The van der Waals surface area contributed by atoms with Crippen molar-refractivity contribution in [2.75, 3.05) is 33.4 Å². The summed E-state index contributed by atoms with van der Waals surface area (Å²) in [6.07, 6.45) is 2.06. The minimum atomic E-state index is -0.0737. The molecule has 1 unspecified atom stereocenters. The number of aliphatic hydroxyl groups is 1. The monoisotopic (exact) mass is 320 g/mol. The van der Waals surface area contributed by atoms with Crippen molar-refractivity contribution in [3.8, 4) is 0 Å². The summed E-state index contributed by atoms with van der Waals surface area (Å²) in [5.74, 6) is 0.0353. The number of benzene rings is 1. The van der Waals surface area contributed by atoms with Gasteiger partial charge < -0.3 is 15.2 Å². The first kappa shape index (κ1) is 17.9. The van der Waals surface area contributed by atoms with Gasteiger partial charge in [-0.3, -0.25) is 9.69 Å². The molecule has 1 saturated heterocycles. The maximum atomic E-state index is 12.1. The third kappa shape index (κ3) is 5.61. The summed E-state index contributed by atoms with van der Waals surface area (Å²) in [6.45, 7) is 5.51. The Morgan fingerprint density at radius 3 is 2.70 bits per heavy atom. The number of hydrogen-bond donors (Lipinski definition) is 2. The van der Waals surface area contributed by atoms with E-state index >= 15 is 0 Å². The number of nitrogens with one attached hydrogen (secondary N) is 1. The lowest BCUT2D eigenvalue weighted by atomic mass is 9.83. The molecule has 2 N–H and O–H groups in total. The fourth-order valence-corrected chi connectivity index (χ4v) is 3.07. The van der Waals surface area contributed by atoms with Crippen LogP contribution < -0.4 is 5.32 Å². The number of carbonyl (C=O) groups is 1. The second-order valence-corrected chi connectivity index (χ2v) is 6.81. The summed E-state index contributed by atoms with van der Waals surface area (Å²) in [4.78, 5) is 14.3. The third-order valence-corrected chi connectivity index (χ3v) is 4.43. The summed E-state index contributed by atoms with van der Waals surface area (Å²) in [7, 11) is 1.68. The van der Waals surface area contributed by atoms with Crippen LogP contribution in [-0.4, -0.2) is 49.3 Å². The van der Waals surface area contributed by atoms with E-state index in [1.165, 1.54) is 0 Å². The molecule has 1 heterocycles. The molecule has 1 aromatic carbocycles. The highest BCUT2D eigenvalue weighted by Crippen LogP contribution is 2.28. The van der Waals surface area contributed by atoms with E-state index in [9.17, 15) is 9.90 Å². The molecule has 128 valence electrons. The standard InChI is InChI=1S/C18H28N2O3/c1-18(14-21)8-3-9-20(13-18)11-17(22)19-10-15-4-6-16(7-5-15)12-23-2/h4-7,21H,3,8-14H2,1-2H3,(H,19,22). The Morgan fingerprint density at radius 1 is 1.35 bits per heavy atom. The number of hydrogen-bond acceptors (Lipinski definition) is 4. The average Bonchev–Trinajstić information content (AvgIpc) is 2.55. The van der Waals surface area contributed by atoms with Crippen molar-refractivity contribution in [2.24, 2.45) is 5.41 Å². The number of methoxy groups -OCH3 is 1. The SMILES string of the molecule is COCc1ccc(CNC(=O)CN2CCCC(C)(CO)C2)cc1. The normalized spacial score (nSPS) is 22.0. The van der Waals surface area contributed by atoms with Gasteiger partial charge in [0.2, 0.25) is 5.91 Å². The van der Waals surface area contributed by atoms with E-state index in [2.05, 4.69) is 17.1 Å². The zero-order valence-electron chi connectivity index (χ0n) is 14.2. The van der Waals surface area contributed by atoms with E-state index in [1.807, 2.05) is 24.3 Å². The molecule has 1 atom stereocenters. The maximum absolute atomic E-state index is 12.1. The highest BCUT2D eigenvalue weighted by Gasteiger charge is 2.30. The number of nitrogens with zero attached hydrogens (tertiary/aromatic N) is 1. The first-order valence-electron chi connectivity index (χ1n) is 8.21. The molecule has 0 saturated carbocycles. The van der Waals surface area contributed by atoms with Gasteiger partial charge in [0.05, 0.1) is 13.2 Å². The van der Waals surface area contributed by atoms with Gasteiger partial charge in [0, 0.05) is 32.2 Å². The van der Waals surface area contributed by atoms with Crippen LogP contribution in [0.15, 0.2) is 24.3 Å². The van der Waals surface area contributed by atoms with E-state index in [1.54, 1.807) is 7.11 Å². The van der Waals surface area contributed by atoms with Crippen LogP contribution in [0.4, 0.5) is 0 Å². The van der Waals surface area contributed by atoms with Gasteiger partial charge in [0.1, 0.15) is 0 Å². The van der Waals surface area contributed by atoms with Crippen LogP contribution >= 0.6 is 0 Å². The van der Waals surface area contributed by atoms with Crippen molar-refractivity contribution in [2.45, 2.75) is 32.9 Å². The van der Waals surface area contributed by atoms with Gasteiger partial charge in [0.15, 0.2) is 0 Å². The van der Waals surface area contributed by atoms with Gasteiger partial charge in [-0.1, -0.05) is 31.2 Å². The number of aliphatic hydroxyl groups excluding tert-OH is 1. The van der Waals surface area contributed by atoms with Gasteiger partial charge in [0.25, 0.3) is 0 Å². The van der Waals surface area contributed by atoms with Crippen LogP contribution in [0, 0.1) is 5.41 Å². The molecule has 2 rings (SSSR count). The molecule has 5 nitrogen and oxygen atoms in total. The maximum Gasteiger partial charge on any atom is 0.234 e. The van der Waals surface area contributed by atoms with Gasteiger partial charge in [-0.05, 0) is 30.5 Å². The molecule has 0 aliphatic carbocycles. The molecule has 1 aromatic rings. The van der Waals surface area contributed by atoms with Crippen molar-refractivity contribution in [1.82, 2.24) is 10.2 Å². The second-order valence-electron chi connectivity index (χ2n) is 6.81. The molecular weight excluding hydrogens is 292 g/mol. The Labute approximate surface area is 138 Å². The minimum absolute atomic E-state index is 0.0353. The Hall–Kier alpha value is -1.43. The minimum Gasteiger partial charge on any atom is -0.396 e. The molecule has 1 fully saturated rings. The summed E-state index contributed by atoms with van der Waals surface area (Å²) in [6, 6.07) is 8.06. The molecule has 0 bridgehead atoms. The molecular formula is C18H28N2O3. The number of piperidine rings is 1. The van der Waals surface area contributed by atoms with Crippen LogP contribution in [-0.2, 0) is 22.7 Å². The predicted octanol–water partition coefficient (Wildman–Crippen LogP) is 1.54. The quantitative estimate of drug-likeness (QED) is 0.800. The van der Waals surface area contributed by atoms with E-state index in [-0.39, 0.29) is 17.9 Å². The molecule has 0 aromatic heterocycles. The van der Waals surface area contributed by atoms with Gasteiger partial charge in [-0.15, -0.1) is 0 Å². The number of ether oxygens (including phenoxy) is 1. The molecule has 0 spiro atoms. The van der Waals surface area contributed by atoms with Crippen molar-refractivity contribution < 1.29 is 14.6 Å².